The number of thiazole rings is 1. The first kappa shape index (κ1) is 26.9. The quantitative estimate of drug-likeness (QED) is 0.185. The van der Waals surface area contributed by atoms with E-state index >= 15 is 0 Å². The fraction of sp³-hybridized carbons (Fsp3) is 0.321. The van der Waals surface area contributed by atoms with E-state index in [1.165, 1.54) is 28.0 Å². The molecule has 39 heavy (non-hydrogen) atoms. The van der Waals surface area contributed by atoms with Crippen molar-refractivity contribution in [3.8, 4) is 0 Å². The van der Waals surface area contributed by atoms with Gasteiger partial charge in [-0.25, -0.2) is 9.79 Å². The average Bonchev–Trinajstić information content (AvgIpc) is 3.56. The molecule has 2 aliphatic heterocycles. The second-order valence-electron chi connectivity index (χ2n) is 9.27. The van der Waals surface area contributed by atoms with Crippen LogP contribution in [0, 0.1) is 10.1 Å². The summed E-state index contributed by atoms with van der Waals surface area (Å²) in [6, 6.07) is 11.8. The highest BCUT2D eigenvalue weighted by molar-refractivity contribution is 7.98. The fourth-order valence-electron chi connectivity index (χ4n) is 5.05. The van der Waals surface area contributed by atoms with Gasteiger partial charge in [-0.3, -0.25) is 19.5 Å². The maximum Gasteiger partial charge on any atom is 0.338 e. The van der Waals surface area contributed by atoms with Crippen LogP contribution in [0.3, 0.4) is 0 Å². The number of aromatic nitrogens is 1. The van der Waals surface area contributed by atoms with Crippen molar-refractivity contribution in [1.29, 1.82) is 0 Å². The molecule has 2 aromatic carbocycles. The number of hydrogen-bond acceptors (Lipinski definition) is 9. The molecule has 0 saturated carbocycles. The van der Waals surface area contributed by atoms with E-state index in [9.17, 15) is 19.7 Å². The molecule has 0 N–H and O–H groups in total. The van der Waals surface area contributed by atoms with Gasteiger partial charge < -0.3 is 9.64 Å². The van der Waals surface area contributed by atoms with Gasteiger partial charge in [0.05, 0.1) is 33.4 Å². The van der Waals surface area contributed by atoms with Crippen LogP contribution < -0.4 is 19.8 Å². The van der Waals surface area contributed by atoms with Crippen molar-refractivity contribution in [2.24, 2.45) is 4.99 Å². The van der Waals surface area contributed by atoms with Gasteiger partial charge in [0, 0.05) is 41.4 Å². The number of ether oxygens (including phenoxy) is 1. The molecule has 3 aromatic rings. The van der Waals surface area contributed by atoms with Gasteiger partial charge in [-0.15, -0.1) is 11.8 Å². The van der Waals surface area contributed by atoms with E-state index in [-0.39, 0.29) is 17.9 Å². The number of benzene rings is 2. The summed E-state index contributed by atoms with van der Waals surface area (Å²) in [6.07, 6.45) is 5.78. The summed E-state index contributed by atoms with van der Waals surface area (Å²) in [5.41, 5.74) is 2.70. The van der Waals surface area contributed by atoms with Crippen LogP contribution in [-0.2, 0) is 9.53 Å². The average molecular weight is 565 g/mol. The molecule has 3 heterocycles. The maximum atomic E-state index is 14.0. The van der Waals surface area contributed by atoms with E-state index < -0.39 is 16.9 Å². The highest BCUT2D eigenvalue weighted by Crippen LogP contribution is 2.32. The Morgan fingerprint density at radius 3 is 2.59 bits per heavy atom. The molecule has 0 spiro atoms. The van der Waals surface area contributed by atoms with Crippen molar-refractivity contribution in [3.63, 3.8) is 0 Å². The molecule has 1 saturated heterocycles. The van der Waals surface area contributed by atoms with Gasteiger partial charge >= 0.3 is 5.97 Å². The smallest absolute Gasteiger partial charge is 0.338 e. The molecule has 9 nitrogen and oxygen atoms in total. The van der Waals surface area contributed by atoms with Crippen LogP contribution in [0.4, 0.5) is 11.4 Å². The minimum Gasteiger partial charge on any atom is -0.463 e. The summed E-state index contributed by atoms with van der Waals surface area (Å²) in [5.74, 6) is -0.512. The highest BCUT2D eigenvalue weighted by atomic mass is 32.2. The second kappa shape index (κ2) is 11.2. The van der Waals surface area contributed by atoms with Crippen molar-refractivity contribution >= 4 is 46.5 Å². The predicted octanol–water partition coefficient (Wildman–Crippen LogP) is 4.03. The number of thioether (sulfide) groups is 1. The molecule has 0 bridgehead atoms. The molecule has 1 unspecified atom stereocenters. The molecule has 0 amide bonds. The Bertz CT molecular complexity index is 1650. The van der Waals surface area contributed by atoms with Crippen molar-refractivity contribution in [1.82, 2.24) is 4.57 Å². The number of rotatable bonds is 7. The van der Waals surface area contributed by atoms with Crippen molar-refractivity contribution in [2.75, 3.05) is 30.9 Å². The van der Waals surface area contributed by atoms with Crippen LogP contribution in [0.1, 0.15) is 43.9 Å². The van der Waals surface area contributed by atoms with Gasteiger partial charge in [0.25, 0.3) is 11.2 Å². The lowest BCUT2D eigenvalue weighted by molar-refractivity contribution is -0.384. The van der Waals surface area contributed by atoms with E-state index in [1.54, 1.807) is 37.8 Å². The SMILES string of the molecule is CCOC(=O)C1=C(C)N=c2s/c(=C/c3cc([N+](=O)[O-])ccc3N3CCCC3)c(=O)n2C1c1ccc(SC)cc1. The number of fused-ring (bicyclic) bond motifs is 1. The van der Waals surface area contributed by atoms with E-state index in [0.29, 0.717) is 26.2 Å². The summed E-state index contributed by atoms with van der Waals surface area (Å²) in [5, 5.41) is 11.5. The third-order valence-electron chi connectivity index (χ3n) is 6.90. The Morgan fingerprint density at radius 1 is 1.23 bits per heavy atom. The van der Waals surface area contributed by atoms with Gasteiger partial charge in [-0.05, 0) is 62.8 Å². The first-order valence-corrected chi connectivity index (χ1v) is 14.7. The Hall–Kier alpha value is -3.70. The van der Waals surface area contributed by atoms with Crippen LogP contribution in [0.2, 0.25) is 0 Å². The van der Waals surface area contributed by atoms with Gasteiger partial charge in [-0.1, -0.05) is 23.5 Å². The number of carbonyl (C=O) groups is 1. The standard InChI is InChI=1S/C28H28N4O5S2/c1-4-37-27(34)24-17(2)29-28-31(25(24)18-7-10-21(38-3)11-8-18)26(33)23(39-28)16-19-15-20(32(35)36)9-12-22(19)30-13-5-6-14-30/h7-12,15-16,25H,4-6,13-14H2,1-3H3/b23-16+. The van der Waals surface area contributed by atoms with Gasteiger partial charge in [0.15, 0.2) is 4.80 Å². The normalized spacial score (nSPS) is 17.3. The number of nitro benzene ring substituents is 1. The first-order chi connectivity index (χ1) is 18.8. The molecule has 0 radical (unpaired) electrons. The summed E-state index contributed by atoms with van der Waals surface area (Å²) >= 11 is 2.81. The first-order valence-electron chi connectivity index (χ1n) is 12.7. The van der Waals surface area contributed by atoms with Crippen molar-refractivity contribution in [3.05, 3.63) is 94.7 Å². The van der Waals surface area contributed by atoms with Gasteiger partial charge in [0.2, 0.25) is 0 Å². The van der Waals surface area contributed by atoms with E-state index in [4.69, 9.17) is 4.74 Å². The molecule has 1 aromatic heterocycles. The fourth-order valence-corrected chi connectivity index (χ4v) is 6.50. The molecule has 2 aliphatic rings. The van der Waals surface area contributed by atoms with Gasteiger partial charge in [-0.2, -0.15) is 0 Å². The van der Waals surface area contributed by atoms with E-state index in [0.717, 1.165) is 42.1 Å². The largest absolute Gasteiger partial charge is 0.463 e. The number of non-ortho nitro benzene ring substituents is 1. The van der Waals surface area contributed by atoms with Crippen molar-refractivity contribution < 1.29 is 14.5 Å². The lowest BCUT2D eigenvalue weighted by Crippen LogP contribution is -2.40. The summed E-state index contributed by atoms with van der Waals surface area (Å²) < 4.78 is 7.29. The molecule has 202 valence electrons. The number of carbonyl (C=O) groups excluding carboxylic acids is 1. The second-order valence-corrected chi connectivity index (χ2v) is 11.2. The zero-order chi connectivity index (χ0) is 27.7. The molecule has 11 heteroatoms. The number of allylic oxidation sites excluding steroid dienone is 1. The van der Waals surface area contributed by atoms with Gasteiger partial charge in [0.1, 0.15) is 0 Å². The number of nitrogens with zero attached hydrogens (tertiary/aromatic N) is 4. The Balaban J connectivity index is 1.71. The number of esters is 1. The van der Waals surface area contributed by atoms with Crippen molar-refractivity contribution in [2.45, 2.75) is 37.6 Å². The van der Waals surface area contributed by atoms with Crippen LogP contribution in [0.15, 0.2) is 68.4 Å². The minimum atomic E-state index is -0.707. The zero-order valence-electron chi connectivity index (χ0n) is 21.9. The Labute approximate surface area is 233 Å². The third-order valence-corrected chi connectivity index (χ3v) is 8.63. The minimum absolute atomic E-state index is 0.0378. The number of anilines is 1. The lowest BCUT2D eigenvalue weighted by Gasteiger charge is -2.24. The monoisotopic (exact) mass is 564 g/mol. The van der Waals surface area contributed by atoms with E-state index in [2.05, 4.69) is 9.89 Å². The molecular weight excluding hydrogens is 536 g/mol. The van der Waals surface area contributed by atoms with Crippen LogP contribution in [0.5, 0.6) is 0 Å². The molecule has 1 atom stereocenters. The molecule has 1 fully saturated rings. The number of hydrogen-bond donors (Lipinski definition) is 0. The highest BCUT2D eigenvalue weighted by Gasteiger charge is 2.33. The Morgan fingerprint density at radius 2 is 1.95 bits per heavy atom. The predicted molar refractivity (Wildman–Crippen MR) is 153 cm³/mol. The molecular formula is C28H28N4O5S2. The summed E-state index contributed by atoms with van der Waals surface area (Å²) in [4.78, 5) is 46.5. The maximum absolute atomic E-state index is 14.0. The van der Waals surface area contributed by atoms with Crippen LogP contribution >= 0.6 is 23.1 Å². The number of nitro groups is 1. The molecule has 5 rings (SSSR count). The van der Waals surface area contributed by atoms with Crippen LogP contribution in [-0.4, -0.2) is 41.4 Å². The van der Waals surface area contributed by atoms with E-state index in [1.807, 2.05) is 30.5 Å². The summed E-state index contributed by atoms with van der Waals surface area (Å²) in [7, 11) is 0. The summed E-state index contributed by atoms with van der Waals surface area (Å²) in [6.45, 7) is 5.40. The zero-order valence-corrected chi connectivity index (χ0v) is 23.5. The topological polar surface area (TPSA) is 107 Å². The Kier molecular flexibility index (Phi) is 7.72. The van der Waals surface area contributed by atoms with Crippen LogP contribution in [0.25, 0.3) is 6.08 Å². The molecule has 0 aliphatic carbocycles. The third kappa shape index (κ3) is 5.16. The lowest BCUT2D eigenvalue weighted by atomic mass is 9.96.